The largest absolute Gasteiger partial charge is 0.326 e. The van der Waals surface area contributed by atoms with Crippen LogP contribution in [0.5, 0.6) is 0 Å². The molecule has 0 aliphatic carbocycles. The first-order chi connectivity index (χ1) is 8.00. The van der Waals surface area contributed by atoms with Crippen molar-refractivity contribution in [1.82, 2.24) is 4.90 Å². The Morgan fingerprint density at radius 3 is 2.71 bits per heavy atom. The molecule has 94 valence electrons. The second-order valence-corrected chi connectivity index (χ2v) is 5.74. The quantitative estimate of drug-likeness (QED) is 0.873. The smallest absolute Gasteiger partial charge is 0.123 e. The normalized spacial score (nSPS) is 19.8. The van der Waals surface area contributed by atoms with Crippen LogP contribution in [0.4, 0.5) is 4.39 Å². The molecule has 2 nitrogen and oxygen atoms in total. The summed E-state index contributed by atoms with van der Waals surface area (Å²) in [6, 6.07) is 4.94. The van der Waals surface area contributed by atoms with Crippen molar-refractivity contribution in [3.63, 3.8) is 0 Å². The summed E-state index contributed by atoms with van der Waals surface area (Å²) >= 11 is 0. The number of benzene rings is 1. The first kappa shape index (κ1) is 12.5. The van der Waals surface area contributed by atoms with Crippen LogP contribution in [0.2, 0.25) is 0 Å². The minimum absolute atomic E-state index is 0.198. The van der Waals surface area contributed by atoms with E-state index in [0.29, 0.717) is 12.0 Å². The SMILES string of the molecule is CC1(C)CCN(Cc2ccc(F)cc2CN)C1. The third kappa shape index (κ3) is 3.05. The maximum Gasteiger partial charge on any atom is 0.123 e. The first-order valence-electron chi connectivity index (χ1n) is 6.20. The number of nitrogens with two attached hydrogens (primary N) is 1. The molecule has 0 bridgehead atoms. The molecule has 1 aromatic carbocycles. The highest BCUT2D eigenvalue weighted by molar-refractivity contribution is 5.27. The molecule has 3 heteroatoms. The maximum absolute atomic E-state index is 13.1. The molecular formula is C14H21FN2. The number of nitrogens with zero attached hydrogens (tertiary/aromatic N) is 1. The van der Waals surface area contributed by atoms with E-state index in [1.54, 1.807) is 6.07 Å². The van der Waals surface area contributed by atoms with Gasteiger partial charge >= 0.3 is 0 Å². The highest BCUT2D eigenvalue weighted by Crippen LogP contribution is 2.30. The summed E-state index contributed by atoms with van der Waals surface area (Å²) in [4.78, 5) is 2.42. The lowest BCUT2D eigenvalue weighted by Crippen LogP contribution is -2.23. The molecule has 1 fully saturated rings. The Bertz CT molecular complexity index is 401. The van der Waals surface area contributed by atoms with Crippen molar-refractivity contribution >= 4 is 0 Å². The minimum Gasteiger partial charge on any atom is -0.326 e. The van der Waals surface area contributed by atoms with Gasteiger partial charge in [0.05, 0.1) is 0 Å². The number of hydrogen-bond acceptors (Lipinski definition) is 2. The lowest BCUT2D eigenvalue weighted by molar-refractivity contribution is 0.283. The molecule has 0 saturated carbocycles. The second kappa shape index (κ2) is 4.75. The number of hydrogen-bond donors (Lipinski definition) is 1. The zero-order valence-corrected chi connectivity index (χ0v) is 10.7. The van der Waals surface area contributed by atoms with Gasteiger partial charge in [0, 0.05) is 19.6 Å². The molecular weight excluding hydrogens is 215 g/mol. The Balaban J connectivity index is 2.09. The zero-order valence-electron chi connectivity index (χ0n) is 10.7. The number of likely N-dealkylation sites (tertiary alicyclic amines) is 1. The predicted octanol–water partition coefficient (Wildman–Crippen LogP) is 2.52. The Morgan fingerprint density at radius 1 is 1.35 bits per heavy atom. The fraction of sp³-hybridized carbons (Fsp3) is 0.571. The van der Waals surface area contributed by atoms with E-state index in [9.17, 15) is 4.39 Å². The van der Waals surface area contributed by atoms with Crippen LogP contribution in [0.3, 0.4) is 0 Å². The van der Waals surface area contributed by atoms with E-state index in [1.807, 2.05) is 6.07 Å². The predicted molar refractivity (Wildman–Crippen MR) is 68.0 cm³/mol. The van der Waals surface area contributed by atoms with Crippen LogP contribution in [0.1, 0.15) is 31.4 Å². The summed E-state index contributed by atoms with van der Waals surface area (Å²) in [7, 11) is 0. The van der Waals surface area contributed by atoms with Crippen molar-refractivity contribution in [2.45, 2.75) is 33.4 Å². The van der Waals surface area contributed by atoms with Gasteiger partial charge in [-0.1, -0.05) is 19.9 Å². The molecule has 1 heterocycles. The van der Waals surface area contributed by atoms with Gasteiger partial charge in [0.15, 0.2) is 0 Å². The Kier molecular flexibility index (Phi) is 3.50. The van der Waals surface area contributed by atoms with Crippen LogP contribution in [0.25, 0.3) is 0 Å². The summed E-state index contributed by atoms with van der Waals surface area (Å²) in [6.45, 7) is 8.10. The van der Waals surface area contributed by atoms with Crippen molar-refractivity contribution in [2.24, 2.45) is 11.1 Å². The summed E-state index contributed by atoms with van der Waals surface area (Å²) < 4.78 is 13.1. The van der Waals surface area contributed by atoms with Crippen molar-refractivity contribution in [2.75, 3.05) is 13.1 Å². The topological polar surface area (TPSA) is 29.3 Å². The van der Waals surface area contributed by atoms with Crippen molar-refractivity contribution in [1.29, 1.82) is 0 Å². The molecule has 2 rings (SSSR count). The number of rotatable bonds is 3. The molecule has 1 aliphatic rings. The van der Waals surface area contributed by atoms with Crippen LogP contribution >= 0.6 is 0 Å². The third-order valence-electron chi connectivity index (χ3n) is 3.54. The van der Waals surface area contributed by atoms with Crippen molar-refractivity contribution in [3.05, 3.63) is 35.1 Å². The van der Waals surface area contributed by atoms with E-state index >= 15 is 0 Å². The highest BCUT2D eigenvalue weighted by atomic mass is 19.1. The summed E-state index contributed by atoms with van der Waals surface area (Å²) in [5, 5.41) is 0. The summed E-state index contributed by atoms with van der Waals surface area (Å²) in [6.07, 6.45) is 1.23. The van der Waals surface area contributed by atoms with E-state index in [2.05, 4.69) is 18.7 Å². The van der Waals surface area contributed by atoms with Crippen LogP contribution < -0.4 is 5.73 Å². The van der Waals surface area contributed by atoms with Gasteiger partial charge in [-0.3, -0.25) is 4.90 Å². The Labute approximate surface area is 103 Å². The van der Waals surface area contributed by atoms with Crippen LogP contribution in [0.15, 0.2) is 18.2 Å². The van der Waals surface area contributed by atoms with Crippen LogP contribution in [-0.4, -0.2) is 18.0 Å². The van der Waals surface area contributed by atoms with E-state index in [4.69, 9.17) is 5.73 Å². The van der Waals surface area contributed by atoms with Crippen LogP contribution in [0, 0.1) is 11.2 Å². The fourth-order valence-electron chi connectivity index (χ4n) is 2.54. The average molecular weight is 236 g/mol. The van der Waals surface area contributed by atoms with Gasteiger partial charge < -0.3 is 5.73 Å². The lowest BCUT2D eigenvalue weighted by atomic mass is 9.93. The second-order valence-electron chi connectivity index (χ2n) is 5.74. The molecule has 0 amide bonds. The molecule has 2 N–H and O–H groups in total. The fourth-order valence-corrected chi connectivity index (χ4v) is 2.54. The molecule has 0 radical (unpaired) electrons. The van der Waals surface area contributed by atoms with Crippen molar-refractivity contribution < 1.29 is 4.39 Å². The van der Waals surface area contributed by atoms with Gasteiger partial charge in [-0.25, -0.2) is 4.39 Å². The Hall–Kier alpha value is -0.930. The van der Waals surface area contributed by atoms with Gasteiger partial charge in [0.2, 0.25) is 0 Å². The molecule has 1 saturated heterocycles. The first-order valence-corrected chi connectivity index (χ1v) is 6.20. The summed E-state index contributed by atoms with van der Waals surface area (Å²) in [5.41, 5.74) is 8.15. The standard InChI is InChI=1S/C14H21FN2/c1-14(2)5-6-17(10-14)9-11-3-4-13(15)7-12(11)8-16/h3-4,7H,5-6,8-10,16H2,1-2H3. The van der Waals surface area contributed by atoms with Gasteiger partial charge in [0.1, 0.15) is 5.82 Å². The van der Waals surface area contributed by atoms with Gasteiger partial charge in [-0.2, -0.15) is 0 Å². The highest BCUT2D eigenvalue weighted by Gasteiger charge is 2.29. The van der Waals surface area contributed by atoms with Gasteiger partial charge in [-0.05, 0) is 41.6 Å². The molecule has 1 aliphatic heterocycles. The maximum atomic E-state index is 13.1. The Morgan fingerprint density at radius 2 is 2.12 bits per heavy atom. The summed E-state index contributed by atoms with van der Waals surface area (Å²) in [5.74, 6) is -0.198. The molecule has 1 aromatic rings. The molecule has 0 unspecified atom stereocenters. The van der Waals surface area contributed by atoms with Gasteiger partial charge in [-0.15, -0.1) is 0 Å². The molecule has 0 spiro atoms. The molecule has 0 aromatic heterocycles. The molecule has 0 atom stereocenters. The monoisotopic (exact) mass is 236 g/mol. The average Bonchev–Trinajstić information content (AvgIpc) is 2.61. The molecule has 17 heavy (non-hydrogen) atoms. The minimum atomic E-state index is -0.198. The zero-order chi connectivity index (χ0) is 12.5. The van der Waals surface area contributed by atoms with E-state index in [1.165, 1.54) is 12.5 Å². The van der Waals surface area contributed by atoms with E-state index in [0.717, 1.165) is 30.8 Å². The third-order valence-corrected chi connectivity index (χ3v) is 3.54. The van der Waals surface area contributed by atoms with Gasteiger partial charge in [0.25, 0.3) is 0 Å². The lowest BCUT2D eigenvalue weighted by Gasteiger charge is -2.20. The van der Waals surface area contributed by atoms with E-state index < -0.39 is 0 Å². The van der Waals surface area contributed by atoms with E-state index in [-0.39, 0.29) is 5.82 Å². The van der Waals surface area contributed by atoms with Crippen LogP contribution in [-0.2, 0) is 13.1 Å². The van der Waals surface area contributed by atoms with Crippen molar-refractivity contribution in [3.8, 4) is 0 Å². The number of halogens is 1.